The molecule has 0 bridgehead atoms. The summed E-state index contributed by atoms with van der Waals surface area (Å²) in [6, 6.07) is 6.02. The van der Waals surface area contributed by atoms with E-state index < -0.39 is 0 Å². The van der Waals surface area contributed by atoms with Crippen molar-refractivity contribution in [2.45, 2.75) is 26.1 Å². The van der Waals surface area contributed by atoms with Crippen LogP contribution < -0.4 is 15.4 Å². The molecule has 1 aliphatic rings. The topological polar surface area (TPSA) is 56.3 Å². The average Bonchev–Trinajstić information content (AvgIpc) is 2.93. The number of imidazole rings is 1. The zero-order valence-electron chi connectivity index (χ0n) is 11.9. The summed E-state index contributed by atoms with van der Waals surface area (Å²) in [4.78, 5) is 6.73. The number of benzene rings is 1. The highest BCUT2D eigenvalue weighted by Gasteiger charge is 2.22. The van der Waals surface area contributed by atoms with Gasteiger partial charge in [0.2, 0.25) is 0 Å². The van der Waals surface area contributed by atoms with Gasteiger partial charge in [0, 0.05) is 42.8 Å². The molecule has 1 unspecified atom stereocenters. The number of hydrogen-bond acceptors (Lipinski definition) is 4. The molecule has 0 radical (unpaired) electrons. The Bertz CT molecular complexity index is 606. The normalized spacial score (nSPS) is 15.8. The Morgan fingerprint density at radius 3 is 2.95 bits per heavy atom. The van der Waals surface area contributed by atoms with Gasteiger partial charge < -0.3 is 19.9 Å². The Hall–Kier alpha value is -2.01. The molecule has 0 amide bonds. The van der Waals surface area contributed by atoms with E-state index in [0.717, 1.165) is 42.5 Å². The summed E-state index contributed by atoms with van der Waals surface area (Å²) in [5.74, 6) is 1.95. The number of nitrogens with two attached hydrogens (primary N) is 1. The maximum atomic E-state index is 6.14. The van der Waals surface area contributed by atoms with Crippen molar-refractivity contribution < 1.29 is 4.74 Å². The Morgan fingerprint density at radius 1 is 1.35 bits per heavy atom. The number of anilines is 1. The third kappa shape index (κ3) is 2.14. The van der Waals surface area contributed by atoms with Crippen molar-refractivity contribution in [1.29, 1.82) is 0 Å². The Labute approximate surface area is 119 Å². The Kier molecular flexibility index (Phi) is 3.36. The predicted octanol–water partition coefficient (Wildman–Crippen LogP) is 1.93. The highest BCUT2D eigenvalue weighted by Crippen LogP contribution is 2.34. The number of rotatable bonds is 3. The van der Waals surface area contributed by atoms with Gasteiger partial charge >= 0.3 is 0 Å². The molecule has 2 N–H and O–H groups in total. The summed E-state index contributed by atoms with van der Waals surface area (Å²) < 4.78 is 7.66. The molecule has 5 nitrogen and oxygen atoms in total. The molecule has 1 atom stereocenters. The molecule has 0 fully saturated rings. The van der Waals surface area contributed by atoms with E-state index in [2.05, 4.69) is 20.5 Å². The second-order valence-electron chi connectivity index (χ2n) is 5.14. The molecular weight excluding hydrogens is 252 g/mol. The number of aromatic nitrogens is 2. The molecule has 5 heteroatoms. The summed E-state index contributed by atoms with van der Waals surface area (Å²) in [6.07, 6.45) is 3.89. The summed E-state index contributed by atoms with van der Waals surface area (Å²) in [5, 5.41) is 0. The average molecular weight is 272 g/mol. The smallest absolute Gasteiger partial charge is 0.128 e. The van der Waals surface area contributed by atoms with E-state index in [1.165, 1.54) is 0 Å². The van der Waals surface area contributed by atoms with E-state index in [9.17, 15) is 0 Å². The lowest BCUT2D eigenvalue weighted by Crippen LogP contribution is -2.34. The lowest BCUT2D eigenvalue weighted by Gasteiger charge is -2.32. The van der Waals surface area contributed by atoms with Crippen LogP contribution in [0, 0.1) is 0 Å². The van der Waals surface area contributed by atoms with Crippen LogP contribution in [0.3, 0.4) is 0 Å². The van der Waals surface area contributed by atoms with Gasteiger partial charge in [0.25, 0.3) is 0 Å². The van der Waals surface area contributed by atoms with Gasteiger partial charge in [-0.15, -0.1) is 0 Å². The molecule has 0 saturated carbocycles. The van der Waals surface area contributed by atoms with Gasteiger partial charge in [-0.3, -0.25) is 0 Å². The number of methoxy groups -OCH3 is 1. The van der Waals surface area contributed by atoms with E-state index in [4.69, 9.17) is 10.5 Å². The van der Waals surface area contributed by atoms with Gasteiger partial charge in [0.1, 0.15) is 11.6 Å². The molecule has 1 aromatic heterocycles. The molecule has 0 spiro atoms. The third-order valence-electron chi connectivity index (χ3n) is 3.80. The summed E-state index contributed by atoms with van der Waals surface area (Å²) >= 11 is 0. The van der Waals surface area contributed by atoms with Crippen LogP contribution in [0.25, 0.3) is 0 Å². The first-order valence-electron chi connectivity index (χ1n) is 6.88. The van der Waals surface area contributed by atoms with Crippen molar-refractivity contribution in [1.82, 2.24) is 9.55 Å². The van der Waals surface area contributed by atoms with Crippen molar-refractivity contribution >= 4 is 5.69 Å². The van der Waals surface area contributed by atoms with Crippen molar-refractivity contribution in [3.05, 3.63) is 42.0 Å². The molecule has 1 aliphatic heterocycles. The predicted molar refractivity (Wildman–Crippen MR) is 78.9 cm³/mol. The first-order chi connectivity index (χ1) is 9.70. The highest BCUT2D eigenvalue weighted by molar-refractivity contribution is 5.61. The van der Waals surface area contributed by atoms with Crippen molar-refractivity contribution in [2.75, 3.05) is 18.6 Å². The second-order valence-corrected chi connectivity index (χ2v) is 5.14. The first-order valence-corrected chi connectivity index (χ1v) is 6.88. The van der Waals surface area contributed by atoms with Crippen LogP contribution in [0.4, 0.5) is 5.69 Å². The van der Waals surface area contributed by atoms with Gasteiger partial charge in [-0.2, -0.15) is 0 Å². The minimum Gasteiger partial charge on any atom is -0.496 e. The molecule has 1 aromatic carbocycles. The molecular formula is C15H20N4O. The highest BCUT2D eigenvalue weighted by atomic mass is 16.5. The third-order valence-corrected chi connectivity index (χ3v) is 3.80. The SMILES string of the molecule is COc1cccc(N2CCn3ccnc3C2)c1C(C)N. The lowest BCUT2D eigenvalue weighted by atomic mass is 10.0. The summed E-state index contributed by atoms with van der Waals surface area (Å²) in [5.41, 5.74) is 8.36. The quantitative estimate of drug-likeness (QED) is 0.927. The van der Waals surface area contributed by atoms with E-state index >= 15 is 0 Å². The fourth-order valence-corrected chi connectivity index (χ4v) is 2.82. The van der Waals surface area contributed by atoms with Crippen LogP contribution in [0.1, 0.15) is 24.4 Å². The zero-order chi connectivity index (χ0) is 14.1. The van der Waals surface area contributed by atoms with Crippen LogP contribution >= 0.6 is 0 Å². The number of ether oxygens (including phenoxy) is 1. The van der Waals surface area contributed by atoms with Gasteiger partial charge in [-0.25, -0.2) is 4.98 Å². The van der Waals surface area contributed by atoms with Gasteiger partial charge in [-0.1, -0.05) is 6.07 Å². The molecule has 0 saturated heterocycles. The molecule has 3 rings (SSSR count). The monoisotopic (exact) mass is 272 g/mol. The Morgan fingerprint density at radius 2 is 2.20 bits per heavy atom. The van der Waals surface area contributed by atoms with Crippen LogP contribution in [-0.4, -0.2) is 23.2 Å². The number of nitrogens with zero attached hydrogens (tertiary/aromatic N) is 3. The molecule has 106 valence electrons. The van der Waals surface area contributed by atoms with Crippen molar-refractivity contribution in [2.24, 2.45) is 5.73 Å². The first kappa shape index (κ1) is 13.0. The fourth-order valence-electron chi connectivity index (χ4n) is 2.82. The van der Waals surface area contributed by atoms with E-state index in [0.29, 0.717) is 0 Å². The second kappa shape index (κ2) is 5.17. The Balaban J connectivity index is 1.99. The van der Waals surface area contributed by atoms with Crippen LogP contribution in [-0.2, 0) is 13.1 Å². The van der Waals surface area contributed by atoms with Crippen molar-refractivity contribution in [3.63, 3.8) is 0 Å². The van der Waals surface area contributed by atoms with E-state index in [-0.39, 0.29) is 6.04 Å². The molecule has 2 aromatic rings. The molecule has 0 aliphatic carbocycles. The van der Waals surface area contributed by atoms with Gasteiger partial charge in [0.05, 0.1) is 13.7 Å². The van der Waals surface area contributed by atoms with E-state index in [1.54, 1.807) is 7.11 Å². The van der Waals surface area contributed by atoms with Crippen LogP contribution in [0.5, 0.6) is 5.75 Å². The number of hydrogen-bond donors (Lipinski definition) is 1. The van der Waals surface area contributed by atoms with Crippen molar-refractivity contribution in [3.8, 4) is 5.75 Å². The lowest BCUT2D eigenvalue weighted by molar-refractivity contribution is 0.406. The van der Waals surface area contributed by atoms with Gasteiger partial charge in [-0.05, 0) is 19.1 Å². The zero-order valence-corrected chi connectivity index (χ0v) is 11.9. The minimum absolute atomic E-state index is 0.0668. The largest absolute Gasteiger partial charge is 0.496 e. The minimum atomic E-state index is -0.0668. The van der Waals surface area contributed by atoms with Crippen LogP contribution in [0.15, 0.2) is 30.6 Å². The van der Waals surface area contributed by atoms with Gasteiger partial charge in [0.15, 0.2) is 0 Å². The molecule has 20 heavy (non-hydrogen) atoms. The maximum absolute atomic E-state index is 6.14. The van der Waals surface area contributed by atoms with Crippen LogP contribution in [0.2, 0.25) is 0 Å². The fraction of sp³-hybridized carbons (Fsp3) is 0.400. The summed E-state index contributed by atoms with van der Waals surface area (Å²) in [7, 11) is 1.69. The standard InChI is InChI=1S/C15H20N4O/c1-11(16)15-12(4-3-5-13(15)20-2)19-9-8-18-7-6-17-14(18)10-19/h3-7,11H,8-10,16H2,1-2H3. The molecule has 2 heterocycles. The maximum Gasteiger partial charge on any atom is 0.128 e. The number of fused-ring (bicyclic) bond motifs is 1. The van der Waals surface area contributed by atoms with E-state index in [1.807, 2.05) is 31.5 Å². The summed E-state index contributed by atoms with van der Waals surface area (Å²) in [6.45, 7) is 4.70.